The summed E-state index contributed by atoms with van der Waals surface area (Å²) in [5.41, 5.74) is 1.41. The van der Waals surface area contributed by atoms with Crippen molar-refractivity contribution in [1.29, 1.82) is 0 Å². The number of nitrogens with zero attached hydrogens (tertiary/aromatic N) is 1. The lowest BCUT2D eigenvalue weighted by molar-refractivity contribution is -0.646. The summed E-state index contributed by atoms with van der Waals surface area (Å²) < 4.78 is 24.7. The molecule has 0 N–H and O–H groups in total. The first-order valence-corrected chi connectivity index (χ1v) is 7.11. The monoisotopic (exact) mass is 263 g/mol. The molecule has 0 aliphatic heterocycles. The Bertz CT molecular complexity index is 651. The van der Waals surface area contributed by atoms with Gasteiger partial charge in [0.05, 0.1) is 5.75 Å². The standard InChI is InChI=1S/C13H13NO3S/c1-11-7-8-14(15)13(9-11)18(16,17)10-12-5-3-2-4-6-12/h2-9H,10H2,1H3. The van der Waals surface area contributed by atoms with Crippen LogP contribution in [0.2, 0.25) is 0 Å². The highest BCUT2D eigenvalue weighted by atomic mass is 32.2. The summed E-state index contributed by atoms with van der Waals surface area (Å²) in [6.45, 7) is 1.75. The Kier molecular flexibility index (Phi) is 3.34. The number of hydrogen-bond donors (Lipinski definition) is 0. The van der Waals surface area contributed by atoms with Gasteiger partial charge in [0, 0.05) is 12.1 Å². The van der Waals surface area contributed by atoms with Gasteiger partial charge in [0.2, 0.25) is 9.84 Å². The number of aryl methyl sites for hydroxylation is 1. The van der Waals surface area contributed by atoms with E-state index >= 15 is 0 Å². The minimum absolute atomic E-state index is 0.167. The van der Waals surface area contributed by atoms with E-state index in [1.807, 2.05) is 6.07 Å². The van der Waals surface area contributed by atoms with E-state index in [-0.39, 0.29) is 10.8 Å². The topological polar surface area (TPSA) is 61.1 Å². The highest BCUT2D eigenvalue weighted by molar-refractivity contribution is 7.90. The van der Waals surface area contributed by atoms with E-state index in [9.17, 15) is 13.6 Å². The number of benzene rings is 1. The fourth-order valence-electron chi connectivity index (χ4n) is 1.66. The van der Waals surface area contributed by atoms with Crippen LogP contribution in [-0.2, 0) is 15.6 Å². The van der Waals surface area contributed by atoms with Gasteiger partial charge in [-0.3, -0.25) is 0 Å². The van der Waals surface area contributed by atoms with E-state index in [0.717, 1.165) is 5.56 Å². The third-order valence-corrected chi connectivity index (χ3v) is 4.21. The van der Waals surface area contributed by atoms with Gasteiger partial charge in [-0.15, -0.1) is 0 Å². The van der Waals surface area contributed by atoms with Crippen molar-refractivity contribution in [2.75, 3.05) is 0 Å². The van der Waals surface area contributed by atoms with Gasteiger partial charge in [-0.25, -0.2) is 8.42 Å². The van der Waals surface area contributed by atoms with Crippen molar-refractivity contribution in [3.8, 4) is 0 Å². The van der Waals surface area contributed by atoms with E-state index in [4.69, 9.17) is 0 Å². The van der Waals surface area contributed by atoms with E-state index in [1.165, 1.54) is 12.3 Å². The second-order valence-corrected chi connectivity index (χ2v) is 6.05. The quantitative estimate of drug-likeness (QED) is 0.624. The van der Waals surface area contributed by atoms with Gasteiger partial charge in [0.15, 0.2) is 6.20 Å². The average Bonchev–Trinajstić information content (AvgIpc) is 2.33. The lowest BCUT2D eigenvalue weighted by Gasteiger charge is -2.06. The highest BCUT2D eigenvalue weighted by Gasteiger charge is 2.24. The molecular weight excluding hydrogens is 250 g/mol. The summed E-state index contributed by atoms with van der Waals surface area (Å²) in [6.07, 6.45) is 1.22. The average molecular weight is 263 g/mol. The molecule has 0 unspecified atom stereocenters. The molecule has 0 spiro atoms. The molecule has 4 nitrogen and oxygen atoms in total. The number of hydrogen-bond acceptors (Lipinski definition) is 3. The van der Waals surface area contributed by atoms with Crippen LogP contribution in [0.4, 0.5) is 0 Å². The maximum atomic E-state index is 12.2. The molecule has 1 aromatic carbocycles. The second-order valence-electron chi connectivity index (χ2n) is 4.11. The van der Waals surface area contributed by atoms with Crippen molar-refractivity contribution in [2.24, 2.45) is 0 Å². The molecule has 0 aliphatic rings. The predicted octanol–water partition coefficient (Wildman–Crippen LogP) is 1.60. The molecule has 0 bridgehead atoms. The Morgan fingerprint density at radius 1 is 1.17 bits per heavy atom. The maximum Gasteiger partial charge on any atom is 0.309 e. The van der Waals surface area contributed by atoms with Gasteiger partial charge in [0.25, 0.3) is 0 Å². The van der Waals surface area contributed by atoms with E-state index in [0.29, 0.717) is 10.3 Å². The van der Waals surface area contributed by atoms with Crippen LogP contribution in [0.1, 0.15) is 11.1 Å². The second kappa shape index (κ2) is 4.78. The molecular formula is C13H13NO3S. The van der Waals surface area contributed by atoms with Crippen molar-refractivity contribution < 1.29 is 13.1 Å². The maximum absolute atomic E-state index is 12.2. The molecule has 2 rings (SSSR count). The van der Waals surface area contributed by atoms with Crippen molar-refractivity contribution in [3.63, 3.8) is 0 Å². The molecule has 2 aromatic rings. The molecule has 18 heavy (non-hydrogen) atoms. The van der Waals surface area contributed by atoms with Gasteiger partial charge >= 0.3 is 5.03 Å². The van der Waals surface area contributed by atoms with Crippen LogP contribution in [0.5, 0.6) is 0 Å². The normalized spacial score (nSPS) is 11.4. The van der Waals surface area contributed by atoms with Crippen LogP contribution in [0.3, 0.4) is 0 Å². The third-order valence-electron chi connectivity index (χ3n) is 2.56. The smallest absolute Gasteiger partial charge is 0.309 e. The Balaban J connectivity index is 2.40. The summed E-state index contributed by atoms with van der Waals surface area (Å²) in [4.78, 5) is 0. The summed E-state index contributed by atoms with van der Waals surface area (Å²) in [5.74, 6) is -0.167. The molecule has 0 fully saturated rings. The Morgan fingerprint density at radius 2 is 1.83 bits per heavy atom. The Labute approximate surface area is 106 Å². The molecule has 5 heteroatoms. The molecule has 0 saturated heterocycles. The van der Waals surface area contributed by atoms with E-state index in [2.05, 4.69) is 0 Å². The minimum atomic E-state index is -3.62. The summed E-state index contributed by atoms with van der Waals surface area (Å²) in [6, 6.07) is 11.8. The number of sulfone groups is 1. The highest BCUT2D eigenvalue weighted by Crippen LogP contribution is 2.13. The zero-order valence-corrected chi connectivity index (χ0v) is 10.7. The van der Waals surface area contributed by atoms with Crippen LogP contribution < -0.4 is 4.73 Å². The molecule has 0 amide bonds. The first-order valence-electron chi connectivity index (χ1n) is 5.45. The van der Waals surface area contributed by atoms with Crippen molar-refractivity contribution in [3.05, 3.63) is 65.0 Å². The SMILES string of the molecule is Cc1cc[n+]([O-])c(S(=O)(=O)Cc2ccccc2)c1. The molecule has 0 atom stereocenters. The van der Waals surface area contributed by atoms with E-state index in [1.54, 1.807) is 37.3 Å². The zero-order valence-electron chi connectivity index (χ0n) is 9.91. The van der Waals surface area contributed by atoms with Crippen molar-refractivity contribution >= 4 is 9.84 Å². The van der Waals surface area contributed by atoms with Crippen LogP contribution in [0, 0.1) is 12.1 Å². The van der Waals surface area contributed by atoms with Gasteiger partial charge in [-0.1, -0.05) is 30.3 Å². The van der Waals surface area contributed by atoms with Crippen molar-refractivity contribution in [2.45, 2.75) is 17.7 Å². The molecule has 1 heterocycles. The van der Waals surface area contributed by atoms with Gasteiger partial charge < -0.3 is 5.21 Å². The Hall–Kier alpha value is -1.88. The molecule has 0 saturated carbocycles. The van der Waals surface area contributed by atoms with Gasteiger partial charge in [0.1, 0.15) is 0 Å². The third kappa shape index (κ3) is 2.68. The first kappa shape index (κ1) is 12.6. The zero-order chi connectivity index (χ0) is 13.2. The fraction of sp³-hybridized carbons (Fsp3) is 0.154. The van der Waals surface area contributed by atoms with Gasteiger partial charge in [-0.05, 0) is 18.1 Å². The Morgan fingerprint density at radius 3 is 2.50 bits per heavy atom. The van der Waals surface area contributed by atoms with Gasteiger partial charge in [-0.2, -0.15) is 4.73 Å². The molecule has 0 radical (unpaired) electrons. The number of rotatable bonds is 3. The number of pyridine rings is 1. The minimum Gasteiger partial charge on any atom is -0.618 e. The largest absolute Gasteiger partial charge is 0.618 e. The summed E-state index contributed by atoms with van der Waals surface area (Å²) in [7, 11) is -3.62. The molecule has 1 aromatic heterocycles. The first-order chi connectivity index (χ1) is 8.49. The van der Waals surface area contributed by atoms with Crippen LogP contribution in [-0.4, -0.2) is 8.42 Å². The summed E-state index contributed by atoms with van der Waals surface area (Å²) >= 11 is 0. The summed E-state index contributed by atoms with van der Waals surface area (Å²) in [5, 5.41) is 11.3. The molecule has 0 aliphatic carbocycles. The fourth-order valence-corrected chi connectivity index (χ4v) is 3.14. The van der Waals surface area contributed by atoms with Crippen molar-refractivity contribution in [1.82, 2.24) is 0 Å². The predicted molar refractivity (Wildman–Crippen MR) is 67.5 cm³/mol. The van der Waals surface area contributed by atoms with Crippen LogP contribution in [0.25, 0.3) is 0 Å². The number of aromatic nitrogens is 1. The lowest BCUT2D eigenvalue weighted by Crippen LogP contribution is -2.34. The molecule has 94 valence electrons. The van der Waals surface area contributed by atoms with Crippen LogP contribution >= 0.6 is 0 Å². The van der Waals surface area contributed by atoms with E-state index < -0.39 is 9.84 Å². The van der Waals surface area contributed by atoms with Crippen LogP contribution in [0.15, 0.2) is 53.7 Å². The lowest BCUT2D eigenvalue weighted by atomic mass is 10.2.